The highest BCUT2D eigenvalue weighted by atomic mass is 32.2. The first-order valence-electron chi connectivity index (χ1n) is 8.55. The Morgan fingerprint density at radius 2 is 2.07 bits per heavy atom. The summed E-state index contributed by atoms with van der Waals surface area (Å²) >= 11 is 2.23. The van der Waals surface area contributed by atoms with E-state index in [1.807, 2.05) is 13.0 Å². The molecule has 1 heterocycles. The van der Waals surface area contributed by atoms with Gasteiger partial charge in [-0.2, -0.15) is 0 Å². The third kappa shape index (κ3) is 6.41. The highest BCUT2D eigenvalue weighted by Crippen LogP contribution is 2.27. The van der Waals surface area contributed by atoms with E-state index in [0.717, 1.165) is 39.2 Å². The number of methoxy groups -OCH3 is 1. The zero-order valence-electron chi connectivity index (χ0n) is 16.4. The van der Waals surface area contributed by atoms with E-state index >= 15 is 0 Å². The van der Waals surface area contributed by atoms with Crippen LogP contribution in [0.5, 0.6) is 0 Å². The molecule has 12 heteroatoms. The number of nitrogens with one attached hydrogen (secondary N) is 1. The van der Waals surface area contributed by atoms with Crippen LogP contribution in [0.2, 0.25) is 0 Å². The molecule has 1 N–H and O–H groups in total. The zero-order valence-corrected chi connectivity index (χ0v) is 18.9. The largest absolute Gasteiger partial charge is 0.468 e. The van der Waals surface area contributed by atoms with Crippen molar-refractivity contribution >= 4 is 55.8 Å². The van der Waals surface area contributed by atoms with Crippen LogP contribution in [0.15, 0.2) is 28.6 Å². The van der Waals surface area contributed by atoms with Gasteiger partial charge in [-0.1, -0.05) is 42.2 Å². The number of nitrogens with zero attached hydrogens (tertiary/aromatic N) is 3. The molecule has 29 heavy (non-hydrogen) atoms. The lowest BCUT2D eigenvalue weighted by atomic mass is 10.1. The maximum Gasteiger partial charge on any atom is 0.316 e. The minimum Gasteiger partial charge on any atom is -0.468 e. The quantitative estimate of drug-likeness (QED) is 0.345. The van der Waals surface area contributed by atoms with E-state index in [2.05, 4.69) is 20.3 Å². The number of anilines is 2. The number of benzene rings is 1. The van der Waals surface area contributed by atoms with Crippen molar-refractivity contribution in [2.24, 2.45) is 0 Å². The van der Waals surface area contributed by atoms with Gasteiger partial charge in [0.15, 0.2) is 4.34 Å². The fraction of sp³-hybridized carbons (Fsp3) is 0.412. The number of aryl methyl sites for hydroxylation is 1. The fourth-order valence-electron chi connectivity index (χ4n) is 2.51. The Labute approximate surface area is 177 Å². The third-order valence-electron chi connectivity index (χ3n) is 3.76. The zero-order chi connectivity index (χ0) is 21.6. The molecule has 2 aromatic rings. The van der Waals surface area contributed by atoms with Gasteiger partial charge in [0.05, 0.1) is 24.8 Å². The maximum atomic E-state index is 12.9. The van der Waals surface area contributed by atoms with Crippen molar-refractivity contribution in [2.75, 3.05) is 28.7 Å². The number of esters is 1. The molecule has 1 amide bonds. The van der Waals surface area contributed by atoms with E-state index in [4.69, 9.17) is 0 Å². The number of sulfonamides is 1. The normalized spacial score (nSPS) is 12.3. The molecule has 158 valence electrons. The molecule has 9 nitrogen and oxygen atoms in total. The summed E-state index contributed by atoms with van der Waals surface area (Å²) in [6, 6.07) is 5.99. The van der Waals surface area contributed by atoms with Crippen molar-refractivity contribution in [3.63, 3.8) is 0 Å². The number of amides is 1. The summed E-state index contributed by atoms with van der Waals surface area (Å²) in [6.07, 6.45) is 1.33. The van der Waals surface area contributed by atoms with Crippen LogP contribution in [0.3, 0.4) is 0 Å². The molecule has 1 aromatic carbocycles. The molecule has 0 aliphatic carbocycles. The van der Waals surface area contributed by atoms with Crippen molar-refractivity contribution in [3.8, 4) is 0 Å². The van der Waals surface area contributed by atoms with Gasteiger partial charge in [-0.3, -0.25) is 19.2 Å². The van der Waals surface area contributed by atoms with Gasteiger partial charge in [0.2, 0.25) is 21.1 Å². The summed E-state index contributed by atoms with van der Waals surface area (Å²) in [5.41, 5.74) is 1.30. The second-order valence-electron chi connectivity index (χ2n) is 6.05. The summed E-state index contributed by atoms with van der Waals surface area (Å²) in [5.74, 6) is -0.838. The summed E-state index contributed by atoms with van der Waals surface area (Å²) in [7, 11) is -2.42. The van der Waals surface area contributed by atoms with Gasteiger partial charge >= 0.3 is 5.97 Å². The highest BCUT2D eigenvalue weighted by molar-refractivity contribution is 8.01. The van der Waals surface area contributed by atoms with Crippen molar-refractivity contribution in [1.29, 1.82) is 0 Å². The predicted octanol–water partition coefficient (Wildman–Crippen LogP) is 2.29. The van der Waals surface area contributed by atoms with Crippen LogP contribution in [0.25, 0.3) is 0 Å². The van der Waals surface area contributed by atoms with Crippen molar-refractivity contribution in [1.82, 2.24) is 10.2 Å². The molecule has 0 fully saturated rings. The van der Waals surface area contributed by atoms with Gasteiger partial charge in [-0.25, -0.2) is 8.42 Å². The molecular formula is C17H22N4O5S3. The number of hydrogen-bond donors (Lipinski definition) is 1. The Bertz CT molecular complexity index is 977. The predicted molar refractivity (Wildman–Crippen MR) is 114 cm³/mol. The summed E-state index contributed by atoms with van der Waals surface area (Å²) in [5, 5.41) is 10.6. The molecule has 2 rings (SSSR count). The Morgan fingerprint density at radius 3 is 2.66 bits per heavy atom. The fourth-order valence-corrected chi connectivity index (χ4v) is 5.30. The van der Waals surface area contributed by atoms with E-state index in [1.54, 1.807) is 25.1 Å². The van der Waals surface area contributed by atoms with E-state index < -0.39 is 27.9 Å². The number of ether oxygens (including phenoxy) is 1. The van der Waals surface area contributed by atoms with Gasteiger partial charge < -0.3 is 4.74 Å². The lowest BCUT2D eigenvalue weighted by molar-refractivity contribution is -0.137. The van der Waals surface area contributed by atoms with Crippen LogP contribution >= 0.6 is 23.1 Å². The maximum absolute atomic E-state index is 12.9. The average Bonchev–Trinajstić information content (AvgIpc) is 3.10. The topological polar surface area (TPSA) is 119 Å². The Hall–Kier alpha value is -2.18. The number of rotatable bonds is 9. The first kappa shape index (κ1) is 23.1. The van der Waals surface area contributed by atoms with E-state index in [0.29, 0.717) is 10.0 Å². The molecule has 0 unspecified atom stereocenters. The van der Waals surface area contributed by atoms with E-state index in [-0.39, 0.29) is 17.3 Å². The lowest BCUT2D eigenvalue weighted by Crippen LogP contribution is -2.47. The number of hydrogen-bond acceptors (Lipinski definition) is 9. The number of aromatic nitrogens is 2. The van der Waals surface area contributed by atoms with E-state index in [1.165, 1.54) is 7.11 Å². The summed E-state index contributed by atoms with van der Waals surface area (Å²) < 4.78 is 31.1. The SMILES string of the molecule is CC[C@@H](C(=O)Nc1nnc(SCC(=O)OC)s1)N(c1cccc(C)c1)S(C)(=O)=O. The number of carbonyl (C=O) groups is 2. The first-order valence-corrected chi connectivity index (χ1v) is 12.2. The molecular weight excluding hydrogens is 436 g/mol. The van der Waals surface area contributed by atoms with Crippen molar-refractivity contribution in [2.45, 2.75) is 30.6 Å². The minimum atomic E-state index is -3.71. The highest BCUT2D eigenvalue weighted by Gasteiger charge is 2.32. The monoisotopic (exact) mass is 458 g/mol. The van der Waals surface area contributed by atoms with Gasteiger partial charge in [-0.15, -0.1) is 10.2 Å². The second-order valence-corrected chi connectivity index (χ2v) is 10.1. The molecule has 0 aliphatic rings. The smallest absolute Gasteiger partial charge is 0.316 e. The standard InChI is InChI=1S/C17H22N4O5S3/c1-5-13(21(29(4,24)25)12-8-6-7-11(2)9-12)15(23)18-16-19-20-17(28-16)27-10-14(22)26-3/h6-9,13H,5,10H2,1-4H3,(H,18,19,23)/t13-/m0/s1. The van der Waals surface area contributed by atoms with Crippen LogP contribution in [0, 0.1) is 6.92 Å². The van der Waals surface area contributed by atoms with Gasteiger partial charge in [-0.05, 0) is 31.0 Å². The molecule has 0 aliphatic heterocycles. The summed E-state index contributed by atoms with van der Waals surface area (Å²) in [4.78, 5) is 24.1. The van der Waals surface area contributed by atoms with Gasteiger partial charge in [0.25, 0.3) is 0 Å². The van der Waals surface area contributed by atoms with Crippen LogP contribution in [0.1, 0.15) is 18.9 Å². The first-order chi connectivity index (χ1) is 13.7. The van der Waals surface area contributed by atoms with Crippen LogP contribution in [0.4, 0.5) is 10.8 Å². The molecule has 0 bridgehead atoms. The molecule has 0 radical (unpaired) electrons. The lowest BCUT2D eigenvalue weighted by Gasteiger charge is -2.30. The second kappa shape index (κ2) is 10.0. The van der Waals surface area contributed by atoms with Gasteiger partial charge in [0, 0.05) is 0 Å². The Balaban J connectivity index is 2.20. The molecule has 0 saturated carbocycles. The van der Waals surface area contributed by atoms with Crippen LogP contribution in [-0.4, -0.2) is 55.7 Å². The van der Waals surface area contributed by atoms with Crippen LogP contribution in [-0.2, 0) is 24.3 Å². The summed E-state index contributed by atoms with van der Waals surface area (Å²) in [6.45, 7) is 3.58. The average molecular weight is 459 g/mol. The Morgan fingerprint density at radius 1 is 1.34 bits per heavy atom. The molecule has 1 aromatic heterocycles. The molecule has 1 atom stereocenters. The third-order valence-corrected chi connectivity index (χ3v) is 6.89. The minimum absolute atomic E-state index is 0.0753. The Kier molecular flexibility index (Phi) is 7.99. The van der Waals surface area contributed by atoms with E-state index in [9.17, 15) is 18.0 Å². The molecule has 0 saturated heterocycles. The van der Waals surface area contributed by atoms with Crippen LogP contribution < -0.4 is 9.62 Å². The van der Waals surface area contributed by atoms with Gasteiger partial charge in [0.1, 0.15) is 6.04 Å². The number of carbonyl (C=O) groups excluding carboxylic acids is 2. The van der Waals surface area contributed by atoms with Crippen molar-refractivity contribution < 1.29 is 22.7 Å². The van der Waals surface area contributed by atoms with Crippen molar-refractivity contribution in [3.05, 3.63) is 29.8 Å². The molecule has 0 spiro atoms. The number of thioether (sulfide) groups is 1.